The molecule has 0 saturated carbocycles. The van der Waals surface area contributed by atoms with E-state index >= 15 is 0 Å². The third-order valence-corrected chi connectivity index (χ3v) is 4.24. The lowest BCUT2D eigenvalue weighted by molar-refractivity contribution is -0.117. The molecular formula is C16H24N4O4. The number of amides is 2. The third-order valence-electron chi connectivity index (χ3n) is 4.24. The van der Waals surface area contributed by atoms with Crippen molar-refractivity contribution in [1.82, 2.24) is 14.7 Å². The van der Waals surface area contributed by atoms with Crippen LogP contribution in [0.4, 0.5) is 10.5 Å². The van der Waals surface area contributed by atoms with Gasteiger partial charge in [0.25, 0.3) is 0 Å². The number of β-amino-alcohol motifs (C(OH)–C–C–N with tert-alkyl or cyclic N) is 1. The molecule has 1 N–H and O–H groups in total. The standard InChI is InChI=1S/C16H24N4O4/c1-10-7-20-13(9-18(10)15(23)24-16(2,3)4)12(6-17-20)19-8-11(21)5-14(19)22/h6,10-11,21H,5,7-9H2,1-4H3/t10-,11-/m1/s1. The van der Waals surface area contributed by atoms with Crippen LogP contribution in [0.25, 0.3) is 0 Å². The van der Waals surface area contributed by atoms with Crippen molar-refractivity contribution in [3.63, 3.8) is 0 Å². The number of ether oxygens (including phenoxy) is 1. The Labute approximate surface area is 141 Å². The van der Waals surface area contributed by atoms with E-state index < -0.39 is 11.7 Å². The number of fused-ring (bicyclic) bond motifs is 1. The number of aliphatic hydroxyl groups excluding tert-OH is 1. The van der Waals surface area contributed by atoms with E-state index in [9.17, 15) is 14.7 Å². The van der Waals surface area contributed by atoms with E-state index in [1.165, 1.54) is 0 Å². The van der Waals surface area contributed by atoms with Gasteiger partial charge in [0, 0.05) is 0 Å². The molecule has 2 atom stereocenters. The van der Waals surface area contributed by atoms with Crippen LogP contribution in [-0.4, -0.2) is 56.1 Å². The molecule has 132 valence electrons. The van der Waals surface area contributed by atoms with Gasteiger partial charge in [-0.3, -0.25) is 14.4 Å². The number of aromatic nitrogens is 2. The summed E-state index contributed by atoms with van der Waals surface area (Å²) in [6.45, 7) is 8.57. The predicted molar refractivity (Wildman–Crippen MR) is 86.4 cm³/mol. The molecule has 0 radical (unpaired) electrons. The number of carbonyl (C=O) groups is 2. The number of rotatable bonds is 1. The number of hydrogen-bond acceptors (Lipinski definition) is 5. The molecule has 0 bridgehead atoms. The van der Waals surface area contributed by atoms with E-state index in [0.29, 0.717) is 18.8 Å². The topological polar surface area (TPSA) is 87.9 Å². The molecule has 1 saturated heterocycles. The molecule has 0 unspecified atom stereocenters. The summed E-state index contributed by atoms with van der Waals surface area (Å²) < 4.78 is 7.30. The van der Waals surface area contributed by atoms with Gasteiger partial charge in [-0.25, -0.2) is 4.79 Å². The van der Waals surface area contributed by atoms with Crippen molar-refractivity contribution in [1.29, 1.82) is 0 Å². The molecule has 1 fully saturated rings. The average Bonchev–Trinajstić information content (AvgIpc) is 2.98. The van der Waals surface area contributed by atoms with Gasteiger partial charge in [0.15, 0.2) is 0 Å². The van der Waals surface area contributed by atoms with Crippen LogP contribution >= 0.6 is 0 Å². The Morgan fingerprint density at radius 3 is 2.67 bits per heavy atom. The highest BCUT2D eigenvalue weighted by Crippen LogP contribution is 2.30. The highest BCUT2D eigenvalue weighted by atomic mass is 16.6. The second kappa shape index (κ2) is 5.77. The van der Waals surface area contributed by atoms with Crippen molar-refractivity contribution >= 4 is 17.7 Å². The summed E-state index contributed by atoms with van der Waals surface area (Å²) in [5.41, 5.74) is 0.894. The Kier molecular flexibility index (Phi) is 4.03. The minimum atomic E-state index is -0.655. The van der Waals surface area contributed by atoms with Crippen molar-refractivity contribution in [2.24, 2.45) is 0 Å². The maximum absolute atomic E-state index is 12.5. The Morgan fingerprint density at radius 2 is 2.08 bits per heavy atom. The Balaban J connectivity index is 1.84. The predicted octanol–water partition coefficient (Wildman–Crippen LogP) is 1.12. The number of carbonyl (C=O) groups excluding carboxylic acids is 2. The fraction of sp³-hybridized carbons (Fsp3) is 0.688. The van der Waals surface area contributed by atoms with E-state index in [2.05, 4.69) is 5.10 Å². The molecular weight excluding hydrogens is 312 g/mol. The maximum atomic E-state index is 12.5. The first-order valence-corrected chi connectivity index (χ1v) is 8.18. The van der Waals surface area contributed by atoms with E-state index in [1.807, 2.05) is 32.4 Å². The minimum absolute atomic E-state index is 0.0556. The summed E-state index contributed by atoms with van der Waals surface area (Å²) in [4.78, 5) is 27.7. The lowest BCUT2D eigenvalue weighted by atomic mass is 10.2. The normalized spacial score (nSPS) is 24.3. The summed E-state index contributed by atoms with van der Waals surface area (Å²) in [6.07, 6.45) is 0.728. The fourth-order valence-corrected chi connectivity index (χ4v) is 3.10. The number of hydrogen-bond donors (Lipinski definition) is 1. The second-order valence-corrected chi connectivity index (χ2v) is 7.48. The Morgan fingerprint density at radius 1 is 1.38 bits per heavy atom. The van der Waals surface area contributed by atoms with Gasteiger partial charge in [-0.2, -0.15) is 5.10 Å². The molecule has 0 aliphatic carbocycles. The average molecular weight is 336 g/mol. The molecule has 2 amide bonds. The number of anilines is 1. The highest BCUT2D eigenvalue weighted by Gasteiger charge is 2.36. The molecule has 2 aliphatic rings. The van der Waals surface area contributed by atoms with Gasteiger partial charge in [0.2, 0.25) is 5.91 Å². The first-order chi connectivity index (χ1) is 11.2. The van der Waals surface area contributed by atoms with Gasteiger partial charge in [0.05, 0.1) is 55.8 Å². The zero-order valence-electron chi connectivity index (χ0n) is 14.5. The molecule has 1 aromatic heterocycles. The zero-order chi connectivity index (χ0) is 17.6. The van der Waals surface area contributed by atoms with E-state index in [0.717, 1.165) is 5.69 Å². The first kappa shape index (κ1) is 16.8. The van der Waals surface area contributed by atoms with Crippen LogP contribution in [0.3, 0.4) is 0 Å². The first-order valence-electron chi connectivity index (χ1n) is 8.18. The maximum Gasteiger partial charge on any atom is 0.410 e. The van der Waals surface area contributed by atoms with Crippen LogP contribution in [0.2, 0.25) is 0 Å². The Hall–Kier alpha value is -2.09. The van der Waals surface area contributed by atoms with E-state index in [1.54, 1.807) is 16.0 Å². The van der Waals surface area contributed by atoms with Crippen LogP contribution in [0.1, 0.15) is 39.8 Å². The van der Waals surface area contributed by atoms with Crippen LogP contribution in [-0.2, 0) is 22.6 Å². The van der Waals surface area contributed by atoms with Gasteiger partial charge in [-0.1, -0.05) is 0 Å². The summed E-state index contributed by atoms with van der Waals surface area (Å²) in [5, 5.41) is 14.1. The van der Waals surface area contributed by atoms with Crippen LogP contribution < -0.4 is 4.90 Å². The van der Waals surface area contributed by atoms with Crippen LogP contribution in [0.5, 0.6) is 0 Å². The van der Waals surface area contributed by atoms with E-state index in [-0.39, 0.29) is 31.0 Å². The summed E-state index contributed by atoms with van der Waals surface area (Å²) in [6, 6.07) is -0.0556. The molecule has 0 spiro atoms. The summed E-state index contributed by atoms with van der Waals surface area (Å²) >= 11 is 0. The summed E-state index contributed by atoms with van der Waals surface area (Å²) in [7, 11) is 0. The molecule has 2 aliphatic heterocycles. The van der Waals surface area contributed by atoms with Crippen molar-refractivity contribution in [2.45, 2.75) is 65.0 Å². The fourth-order valence-electron chi connectivity index (χ4n) is 3.10. The lowest BCUT2D eigenvalue weighted by Crippen LogP contribution is -2.47. The molecule has 8 heteroatoms. The van der Waals surface area contributed by atoms with Crippen LogP contribution in [0.15, 0.2) is 6.20 Å². The minimum Gasteiger partial charge on any atom is -0.444 e. The monoisotopic (exact) mass is 336 g/mol. The largest absolute Gasteiger partial charge is 0.444 e. The van der Waals surface area contributed by atoms with Gasteiger partial charge >= 0.3 is 6.09 Å². The van der Waals surface area contributed by atoms with Crippen molar-refractivity contribution in [3.05, 3.63) is 11.9 Å². The summed E-state index contributed by atoms with van der Waals surface area (Å²) in [5.74, 6) is -0.124. The lowest BCUT2D eigenvalue weighted by Gasteiger charge is -2.36. The van der Waals surface area contributed by atoms with Gasteiger partial charge in [0.1, 0.15) is 5.60 Å². The second-order valence-electron chi connectivity index (χ2n) is 7.48. The van der Waals surface area contributed by atoms with Crippen molar-refractivity contribution in [3.8, 4) is 0 Å². The number of aliphatic hydroxyl groups is 1. The van der Waals surface area contributed by atoms with Crippen molar-refractivity contribution < 1.29 is 19.4 Å². The molecule has 3 heterocycles. The zero-order valence-corrected chi connectivity index (χ0v) is 14.5. The van der Waals surface area contributed by atoms with Gasteiger partial charge in [-0.05, 0) is 27.7 Å². The molecule has 24 heavy (non-hydrogen) atoms. The van der Waals surface area contributed by atoms with E-state index in [4.69, 9.17) is 4.74 Å². The SMILES string of the molecule is C[C@@H]1Cn2ncc(N3C[C@H](O)CC3=O)c2CN1C(=O)OC(C)(C)C. The van der Waals surface area contributed by atoms with Gasteiger partial charge < -0.3 is 14.7 Å². The Bertz CT molecular complexity index is 664. The van der Waals surface area contributed by atoms with Crippen molar-refractivity contribution in [2.75, 3.05) is 11.4 Å². The number of nitrogens with zero attached hydrogens (tertiary/aromatic N) is 4. The quantitative estimate of drug-likeness (QED) is 0.830. The molecule has 8 nitrogen and oxygen atoms in total. The van der Waals surface area contributed by atoms with Gasteiger partial charge in [-0.15, -0.1) is 0 Å². The molecule has 3 rings (SSSR count). The third kappa shape index (κ3) is 3.10. The van der Waals surface area contributed by atoms with Crippen LogP contribution in [0, 0.1) is 0 Å². The molecule has 0 aromatic carbocycles. The highest BCUT2D eigenvalue weighted by molar-refractivity contribution is 5.96. The smallest absolute Gasteiger partial charge is 0.410 e. The molecule has 1 aromatic rings.